The summed E-state index contributed by atoms with van der Waals surface area (Å²) < 4.78 is 33.9. The Morgan fingerprint density at radius 3 is 2.38 bits per heavy atom. The average Bonchev–Trinajstić information content (AvgIpc) is 3.53. The third-order valence-corrected chi connectivity index (χ3v) is 13.4. The van der Waals surface area contributed by atoms with Crippen molar-refractivity contribution in [3.05, 3.63) is 104 Å². The number of rotatable bonds is 14. The van der Waals surface area contributed by atoms with Crippen molar-refractivity contribution in [1.29, 1.82) is 0 Å². The van der Waals surface area contributed by atoms with Crippen LogP contribution in [0.2, 0.25) is 0 Å². The number of hydrogen-bond acceptors (Lipinski definition) is 11. The number of nitrogens with one attached hydrogen (secondary N) is 1. The summed E-state index contributed by atoms with van der Waals surface area (Å²) in [5.41, 5.74) is 1.52. The first-order valence-electron chi connectivity index (χ1n) is 22.3. The third kappa shape index (κ3) is 7.80. The van der Waals surface area contributed by atoms with Gasteiger partial charge in [0.15, 0.2) is 22.8 Å². The molecule has 1 fully saturated rings. The molecule has 3 N–H and O–H groups in total. The number of Topliss-reactive ketones (excluding diaryl/α,β-unsaturated/α-hetero) is 2. The largest absolute Gasteiger partial charge is 0.482 e. The SMILES string of the molecule is COC(=O)/C(C)=C\CC1(O)C(=O)CCC(C(C)C)C12Oc1c(CC=C(C)C)c3c(c(OCNCCO)c1C1=C2C(C)C2=C(O1)c1ccccc1C2=O)C=CC(C)(CCC=C(C)C)O3. The molecule has 5 unspecified atom stereocenters. The zero-order chi connectivity index (χ0) is 45.6. The standard InChI is InChI=1S/C52H63NO10/c1-29(2)14-13-23-50(9)24-22-37-44(62-50)36(18-17-30(3)4)47-41(45(37)60-28-53-26-27-54)48-42(33(8)40-43(56)34-15-11-12-16-35(34)46(40)61-48)52(63-47)38(31(5)6)19-20-39(55)51(52,58)25-21-32(7)49(57)59-10/h11-12,14-17,21-22,24,31,33,38,53-54,58H,13,18-20,23,25-28H2,1-10H3/b32-21-. The summed E-state index contributed by atoms with van der Waals surface area (Å²) >= 11 is 0. The molecule has 1 saturated carbocycles. The molecule has 3 heterocycles. The van der Waals surface area contributed by atoms with Crippen LogP contribution in [0, 0.1) is 17.8 Å². The maximum atomic E-state index is 14.9. The Morgan fingerprint density at radius 1 is 1.00 bits per heavy atom. The molecule has 1 spiro atoms. The Labute approximate surface area is 371 Å². The molecule has 2 aromatic carbocycles. The minimum absolute atomic E-state index is 0.00561. The van der Waals surface area contributed by atoms with Crippen LogP contribution in [-0.2, 0) is 25.5 Å². The van der Waals surface area contributed by atoms with E-state index in [0.717, 1.165) is 12.0 Å². The first kappa shape index (κ1) is 45.8. The van der Waals surface area contributed by atoms with E-state index >= 15 is 0 Å². The molecule has 11 nitrogen and oxygen atoms in total. The van der Waals surface area contributed by atoms with Crippen molar-refractivity contribution in [2.45, 2.75) is 118 Å². The molecule has 0 bridgehead atoms. The van der Waals surface area contributed by atoms with E-state index in [4.69, 9.17) is 23.7 Å². The quantitative estimate of drug-likeness (QED) is 0.0549. The van der Waals surface area contributed by atoms with Gasteiger partial charge in [0.25, 0.3) is 0 Å². The fourth-order valence-electron chi connectivity index (χ4n) is 10.1. The molecule has 11 heteroatoms. The molecule has 2 aliphatic carbocycles. The summed E-state index contributed by atoms with van der Waals surface area (Å²) in [5.74, 6) is -0.582. The number of aliphatic hydroxyl groups is 2. The minimum Gasteiger partial charge on any atom is -0.482 e. The highest BCUT2D eigenvalue weighted by Gasteiger charge is 2.70. The molecular formula is C52H63NO10. The third-order valence-electron chi connectivity index (χ3n) is 13.4. The van der Waals surface area contributed by atoms with Crippen LogP contribution in [-0.4, -0.2) is 71.5 Å². The number of ether oxygens (including phenoxy) is 5. The lowest BCUT2D eigenvalue weighted by Crippen LogP contribution is -2.72. The van der Waals surface area contributed by atoms with E-state index in [2.05, 4.69) is 58.2 Å². The maximum Gasteiger partial charge on any atom is 0.333 e. The van der Waals surface area contributed by atoms with Crippen molar-refractivity contribution in [3.63, 3.8) is 0 Å². The Balaban J connectivity index is 1.61. The van der Waals surface area contributed by atoms with E-state index < -0.39 is 40.4 Å². The average molecular weight is 862 g/mol. The monoisotopic (exact) mass is 861 g/mol. The van der Waals surface area contributed by atoms with Gasteiger partial charge in [-0.05, 0) is 85.3 Å². The molecule has 0 amide bonds. The summed E-state index contributed by atoms with van der Waals surface area (Å²) in [6, 6.07) is 7.35. The summed E-state index contributed by atoms with van der Waals surface area (Å²) in [5, 5.41) is 26.5. The summed E-state index contributed by atoms with van der Waals surface area (Å²) in [4.78, 5) is 42.3. The predicted molar refractivity (Wildman–Crippen MR) is 243 cm³/mol. The van der Waals surface area contributed by atoms with Crippen LogP contribution >= 0.6 is 0 Å². The van der Waals surface area contributed by atoms with E-state index in [1.54, 1.807) is 19.1 Å². The van der Waals surface area contributed by atoms with Gasteiger partial charge < -0.3 is 33.9 Å². The van der Waals surface area contributed by atoms with Gasteiger partial charge in [-0.1, -0.05) is 74.4 Å². The Kier molecular flexibility index (Phi) is 12.9. The number of hydrogen-bond donors (Lipinski definition) is 3. The van der Waals surface area contributed by atoms with Crippen molar-refractivity contribution in [2.24, 2.45) is 17.8 Å². The van der Waals surface area contributed by atoms with Crippen molar-refractivity contribution in [1.82, 2.24) is 5.32 Å². The zero-order valence-corrected chi connectivity index (χ0v) is 38.5. The summed E-state index contributed by atoms with van der Waals surface area (Å²) in [7, 11) is 1.29. The first-order chi connectivity index (χ1) is 29.9. The van der Waals surface area contributed by atoms with Gasteiger partial charge in [0.1, 0.15) is 46.7 Å². The topological polar surface area (TPSA) is 150 Å². The highest BCUT2D eigenvalue weighted by Crippen LogP contribution is 2.65. The number of esters is 1. The smallest absolute Gasteiger partial charge is 0.333 e. The summed E-state index contributed by atoms with van der Waals surface area (Å²) in [6.45, 7) is 18.0. The number of aliphatic hydroxyl groups excluding tert-OH is 1. The van der Waals surface area contributed by atoms with Gasteiger partial charge in [-0.3, -0.25) is 14.9 Å². The van der Waals surface area contributed by atoms with Crippen LogP contribution in [0.5, 0.6) is 17.2 Å². The van der Waals surface area contributed by atoms with Crippen LogP contribution in [0.3, 0.4) is 0 Å². The van der Waals surface area contributed by atoms with Gasteiger partial charge in [-0.2, -0.15) is 0 Å². The Bertz CT molecular complexity index is 2410. The molecule has 5 aliphatic rings. The number of allylic oxidation sites excluding steroid dienone is 5. The van der Waals surface area contributed by atoms with E-state index in [-0.39, 0.29) is 50.0 Å². The number of methoxy groups -OCH3 is 1. The van der Waals surface area contributed by atoms with Crippen LogP contribution in [0.4, 0.5) is 0 Å². The van der Waals surface area contributed by atoms with Crippen LogP contribution in [0.1, 0.15) is 127 Å². The molecule has 63 heavy (non-hydrogen) atoms. The van der Waals surface area contributed by atoms with Crippen LogP contribution < -0.4 is 19.5 Å². The number of fused-ring (bicyclic) bond motifs is 6. The molecule has 0 radical (unpaired) electrons. The second-order valence-electron chi connectivity index (χ2n) is 18.6. The number of benzene rings is 2. The van der Waals surface area contributed by atoms with Crippen molar-refractivity contribution in [3.8, 4) is 17.2 Å². The molecule has 3 aliphatic heterocycles. The highest BCUT2D eigenvalue weighted by molar-refractivity contribution is 6.21. The number of carbonyl (C=O) groups is 3. The molecule has 0 saturated heterocycles. The zero-order valence-electron chi connectivity index (χ0n) is 38.5. The molecule has 2 aromatic rings. The fourth-order valence-corrected chi connectivity index (χ4v) is 10.1. The second-order valence-corrected chi connectivity index (χ2v) is 18.6. The van der Waals surface area contributed by atoms with Gasteiger partial charge in [0, 0.05) is 59.1 Å². The first-order valence-corrected chi connectivity index (χ1v) is 22.3. The Hall–Kier alpha value is -5.23. The van der Waals surface area contributed by atoms with E-state index in [1.807, 2.05) is 45.0 Å². The maximum absolute atomic E-state index is 14.9. The van der Waals surface area contributed by atoms with Gasteiger partial charge in [0.05, 0.1) is 24.9 Å². The lowest BCUT2D eigenvalue weighted by atomic mass is 9.54. The second kappa shape index (κ2) is 17.7. The van der Waals surface area contributed by atoms with E-state index in [0.29, 0.717) is 87.0 Å². The van der Waals surface area contributed by atoms with Gasteiger partial charge in [0.2, 0.25) is 0 Å². The molecule has 5 atom stereocenters. The lowest BCUT2D eigenvalue weighted by molar-refractivity contribution is -0.187. The van der Waals surface area contributed by atoms with E-state index in [1.165, 1.54) is 12.7 Å². The summed E-state index contributed by atoms with van der Waals surface area (Å²) in [6.07, 6.45) is 11.9. The molecular weight excluding hydrogens is 799 g/mol. The Morgan fingerprint density at radius 2 is 1.71 bits per heavy atom. The lowest BCUT2D eigenvalue weighted by Gasteiger charge is -2.59. The minimum atomic E-state index is -2.26. The highest BCUT2D eigenvalue weighted by atomic mass is 16.5. The van der Waals surface area contributed by atoms with Crippen molar-refractivity contribution >= 4 is 35.1 Å². The van der Waals surface area contributed by atoms with E-state index in [9.17, 15) is 24.6 Å². The normalized spacial score (nSPS) is 25.6. The molecule has 0 aromatic heterocycles. The van der Waals surface area contributed by atoms with Gasteiger partial charge in [-0.15, -0.1) is 0 Å². The number of ketones is 2. The molecule has 336 valence electrons. The van der Waals surface area contributed by atoms with Crippen molar-refractivity contribution < 1.29 is 48.3 Å². The van der Waals surface area contributed by atoms with Crippen LogP contribution in [0.25, 0.3) is 17.6 Å². The number of carbonyl (C=O) groups excluding carboxylic acids is 3. The van der Waals surface area contributed by atoms with Crippen LogP contribution in [0.15, 0.2) is 76.4 Å². The van der Waals surface area contributed by atoms with Gasteiger partial charge >= 0.3 is 5.97 Å². The van der Waals surface area contributed by atoms with Gasteiger partial charge in [-0.25, -0.2) is 4.79 Å². The molecule has 7 rings (SSSR count). The predicted octanol–water partition coefficient (Wildman–Crippen LogP) is 9.02. The fraction of sp³-hybridized carbons (Fsp3) is 0.481. The van der Waals surface area contributed by atoms with Crippen molar-refractivity contribution in [2.75, 3.05) is 27.0 Å².